The van der Waals surface area contributed by atoms with Crippen LogP contribution in [0.25, 0.3) is 0 Å². The van der Waals surface area contributed by atoms with Gasteiger partial charge in [0.1, 0.15) is 0 Å². The maximum Gasteiger partial charge on any atom is 0.410 e. The summed E-state index contributed by atoms with van der Waals surface area (Å²) in [6.07, 6.45) is 1.49. The highest BCUT2D eigenvalue weighted by molar-refractivity contribution is 5.68. The molecule has 1 heterocycles. The van der Waals surface area contributed by atoms with Crippen molar-refractivity contribution in [1.29, 1.82) is 0 Å². The largest absolute Gasteiger partial charge is 0.447 e. The fourth-order valence-electron chi connectivity index (χ4n) is 1.96. The predicted octanol–water partition coefficient (Wildman–Crippen LogP) is 0.970. The molecule has 2 N–H and O–H groups in total. The molecule has 1 fully saturated rings. The van der Waals surface area contributed by atoms with Crippen molar-refractivity contribution in [3.05, 3.63) is 0 Å². The van der Waals surface area contributed by atoms with Crippen LogP contribution in [0.3, 0.4) is 0 Å². The molecule has 0 aromatic heterocycles. The molecule has 0 radical (unpaired) electrons. The van der Waals surface area contributed by atoms with E-state index in [2.05, 4.69) is 0 Å². The van der Waals surface area contributed by atoms with Gasteiger partial charge in [-0.15, -0.1) is 0 Å². The van der Waals surface area contributed by atoms with E-state index in [0.717, 1.165) is 12.8 Å². The van der Waals surface area contributed by atoms with Gasteiger partial charge in [0, 0.05) is 26.2 Å². The SMILES string of the molecule is COC1CCN(C(=O)OC(C)C)C(CN)C1. The second-order valence-electron chi connectivity index (χ2n) is 4.40. The minimum atomic E-state index is -0.264. The van der Waals surface area contributed by atoms with E-state index in [1.807, 2.05) is 13.8 Å². The van der Waals surface area contributed by atoms with Gasteiger partial charge in [0.05, 0.1) is 12.2 Å². The van der Waals surface area contributed by atoms with E-state index < -0.39 is 0 Å². The number of methoxy groups -OCH3 is 1. The Morgan fingerprint density at radius 1 is 1.56 bits per heavy atom. The lowest BCUT2D eigenvalue weighted by atomic mass is 10.00. The Morgan fingerprint density at radius 3 is 2.75 bits per heavy atom. The third-order valence-electron chi connectivity index (χ3n) is 2.84. The van der Waals surface area contributed by atoms with Crippen molar-refractivity contribution in [2.24, 2.45) is 5.73 Å². The Hall–Kier alpha value is -0.810. The molecule has 0 aromatic carbocycles. The molecule has 0 aromatic rings. The molecule has 1 rings (SSSR count). The smallest absolute Gasteiger partial charge is 0.410 e. The zero-order valence-corrected chi connectivity index (χ0v) is 10.3. The summed E-state index contributed by atoms with van der Waals surface area (Å²) in [7, 11) is 1.69. The first-order chi connectivity index (χ1) is 7.58. The average Bonchev–Trinajstić information content (AvgIpc) is 2.27. The fourth-order valence-corrected chi connectivity index (χ4v) is 1.96. The lowest BCUT2D eigenvalue weighted by Gasteiger charge is -2.37. The molecular formula is C11H22N2O3. The topological polar surface area (TPSA) is 64.8 Å². The molecule has 1 aliphatic heterocycles. The molecule has 1 aliphatic rings. The molecule has 0 bridgehead atoms. The van der Waals surface area contributed by atoms with E-state index in [0.29, 0.717) is 13.1 Å². The van der Waals surface area contributed by atoms with Gasteiger partial charge in [0.2, 0.25) is 0 Å². The number of hydrogen-bond donors (Lipinski definition) is 1. The zero-order valence-electron chi connectivity index (χ0n) is 10.3. The molecule has 1 amide bonds. The molecule has 0 aliphatic carbocycles. The Labute approximate surface area is 96.9 Å². The number of hydrogen-bond acceptors (Lipinski definition) is 4. The lowest BCUT2D eigenvalue weighted by molar-refractivity contribution is 0.00288. The number of nitrogens with two attached hydrogens (primary N) is 1. The van der Waals surface area contributed by atoms with E-state index in [4.69, 9.17) is 15.2 Å². The summed E-state index contributed by atoms with van der Waals surface area (Å²) in [5.74, 6) is 0. The minimum absolute atomic E-state index is 0.0324. The number of carbonyl (C=O) groups is 1. The Kier molecular flexibility index (Phi) is 5.02. The van der Waals surface area contributed by atoms with Gasteiger partial charge in [-0.25, -0.2) is 4.79 Å². The Balaban J connectivity index is 2.55. The van der Waals surface area contributed by atoms with E-state index in [1.54, 1.807) is 12.0 Å². The number of amides is 1. The number of rotatable bonds is 3. The van der Waals surface area contributed by atoms with Crippen LogP contribution in [-0.2, 0) is 9.47 Å². The summed E-state index contributed by atoms with van der Waals surface area (Å²) in [6, 6.07) is 0.0324. The molecule has 2 unspecified atom stereocenters. The van der Waals surface area contributed by atoms with Crippen LogP contribution in [0.2, 0.25) is 0 Å². The van der Waals surface area contributed by atoms with Gasteiger partial charge in [-0.05, 0) is 26.7 Å². The minimum Gasteiger partial charge on any atom is -0.447 e. The molecule has 0 saturated carbocycles. The molecule has 5 nitrogen and oxygen atoms in total. The zero-order chi connectivity index (χ0) is 12.1. The molecule has 5 heteroatoms. The quantitative estimate of drug-likeness (QED) is 0.784. The first kappa shape index (κ1) is 13.3. The van der Waals surface area contributed by atoms with E-state index in [9.17, 15) is 4.79 Å². The summed E-state index contributed by atoms with van der Waals surface area (Å²) < 4.78 is 10.5. The van der Waals surface area contributed by atoms with Crippen molar-refractivity contribution in [1.82, 2.24) is 4.90 Å². The van der Waals surface area contributed by atoms with Crippen molar-refractivity contribution >= 4 is 6.09 Å². The maximum atomic E-state index is 11.8. The highest BCUT2D eigenvalue weighted by atomic mass is 16.6. The average molecular weight is 230 g/mol. The van der Waals surface area contributed by atoms with Crippen LogP contribution in [0, 0.1) is 0 Å². The second-order valence-corrected chi connectivity index (χ2v) is 4.40. The second kappa shape index (κ2) is 6.06. The van der Waals surface area contributed by atoms with E-state index >= 15 is 0 Å². The normalized spacial score (nSPS) is 25.9. The standard InChI is InChI=1S/C11H22N2O3/c1-8(2)16-11(14)13-5-4-10(15-3)6-9(13)7-12/h8-10H,4-7,12H2,1-3H3. The summed E-state index contributed by atoms with van der Waals surface area (Å²) in [4.78, 5) is 13.5. The highest BCUT2D eigenvalue weighted by Crippen LogP contribution is 2.20. The highest BCUT2D eigenvalue weighted by Gasteiger charge is 2.31. The maximum absolute atomic E-state index is 11.8. The van der Waals surface area contributed by atoms with Gasteiger partial charge in [-0.2, -0.15) is 0 Å². The van der Waals surface area contributed by atoms with Crippen LogP contribution < -0.4 is 5.73 Å². The van der Waals surface area contributed by atoms with Crippen LogP contribution in [0.15, 0.2) is 0 Å². The van der Waals surface area contributed by atoms with E-state index in [1.165, 1.54) is 0 Å². The predicted molar refractivity (Wildman–Crippen MR) is 61.2 cm³/mol. The van der Waals surface area contributed by atoms with Gasteiger partial charge in [0.15, 0.2) is 0 Å². The van der Waals surface area contributed by atoms with Crippen LogP contribution in [0.4, 0.5) is 4.79 Å². The fraction of sp³-hybridized carbons (Fsp3) is 0.909. The summed E-state index contributed by atoms with van der Waals surface area (Å²) in [6.45, 7) is 4.80. The molecule has 2 atom stereocenters. The third kappa shape index (κ3) is 3.35. The Morgan fingerprint density at radius 2 is 2.25 bits per heavy atom. The first-order valence-electron chi connectivity index (χ1n) is 5.78. The summed E-state index contributed by atoms with van der Waals surface area (Å²) >= 11 is 0. The van der Waals surface area contributed by atoms with Gasteiger partial charge < -0.3 is 20.1 Å². The van der Waals surface area contributed by atoms with Crippen LogP contribution in [-0.4, -0.2) is 49.4 Å². The van der Waals surface area contributed by atoms with Crippen LogP contribution in [0.5, 0.6) is 0 Å². The van der Waals surface area contributed by atoms with Crippen LogP contribution in [0.1, 0.15) is 26.7 Å². The molecule has 16 heavy (non-hydrogen) atoms. The first-order valence-corrected chi connectivity index (χ1v) is 5.78. The van der Waals surface area contributed by atoms with Crippen molar-refractivity contribution < 1.29 is 14.3 Å². The third-order valence-corrected chi connectivity index (χ3v) is 2.84. The summed E-state index contributed by atoms with van der Waals surface area (Å²) in [5.41, 5.74) is 5.67. The van der Waals surface area contributed by atoms with Crippen molar-refractivity contribution in [3.63, 3.8) is 0 Å². The molecule has 94 valence electrons. The number of ether oxygens (including phenoxy) is 2. The lowest BCUT2D eigenvalue weighted by Crippen LogP contribution is -2.51. The van der Waals surface area contributed by atoms with Gasteiger partial charge in [-0.1, -0.05) is 0 Å². The number of carbonyl (C=O) groups excluding carboxylic acids is 1. The number of piperidine rings is 1. The van der Waals surface area contributed by atoms with Crippen molar-refractivity contribution in [2.45, 2.75) is 44.9 Å². The van der Waals surface area contributed by atoms with E-state index in [-0.39, 0.29) is 24.3 Å². The number of nitrogens with zero attached hydrogens (tertiary/aromatic N) is 1. The summed E-state index contributed by atoms with van der Waals surface area (Å²) in [5, 5.41) is 0. The van der Waals surface area contributed by atoms with Gasteiger partial charge >= 0.3 is 6.09 Å². The Bertz CT molecular complexity index is 233. The van der Waals surface area contributed by atoms with Gasteiger partial charge in [0.25, 0.3) is 0 Å². The van der Waals surface area contributed by atoms with Crippen molar-refractivity contribution in [2.75, 3.05) is 20.2 Å². The monoisotopic (exact) mass is 230 g/mol. The molecule has 1 saturated heterocycles. The van der Waals surface area contributed by atoms with Gasteiger partial charge in [-0.3, -0.25) is 0 Å². The van der Waals surface area contributed by atoms with Crippen molar-refractivity contribution in [3.8, 4) is 0 Å². The van der Waals surface area contributed by atoms with Crippen LogP contribution >= 0.6 is 0 Å². The molecular weight excluding hydrogens is 208 g/mol. The molecule has 0 spiro atoms. The number of likely N-dealkylation sites (tertiary alicyclic amines) is 1.